The molecule has 0 saturated heterocycles. The molecule has 0 aliphatic carbocycles. The van der Waals surface area contributed by atoms with Crippen molar-refractivity contribution in [3.8, 4) is 11.5 Å². The van der Waals surface area contributed by atoms with Crippen molar-refractivity contribution in [3.05, 3.63) is 59.7 Å². The fraction of sp³-hybridized carbons (Fsp3) is 0.125. The summed E-state index contributed by atoms with van der Waals surface area (Å²) in [4.78, 5) is 23.9. The number of nitrogens with one attached hydrogen (secondary N) is 2. The van der Waals surface area contributed by atoms with Crippen LogP contribution >= 0.6 is 0 Å². The second-order valence-electron chi connectivity index (χ2n) is 4.37. The van der Waals surface area contributed by atoms with E-state index < -0.39 is 11.8 Å². The molecule has 0 atom stereocenters. The fourth-order valence-corrected chi connectivity index (χ4v) is 1.79. The van der Waals surface area contributed by atoms with Crippen LogP contribution in [-0.4, -0.2) is 26.0 Å². The molecule has 0 fully saturated rings. The van der Waals surface area contributed by atoms with Crippen LogP contribution < -0.4 is 20.3 Å². The summed E-state index contributed by atoms with van der Waals surface area (Å²) in [6.07, 6.45) is 0. The van der Waals surface area contributed by atoms with Crippen LogP contribution in [0.25, 0.3) is 0 Å². The summed E-state index contributed by atoms with van der Waals surface area (Å²) < 4.78 is 10.1. The Bertz CT molecular complexity index is 626. The highest BCUT2D eigenvalue weighted by Gasteiger charge is 2.10. The SMILES string of the molecule is COc1cccc(C(=O)NNC(=O)c2cccc(OC)c2)c1. The molecule has 2 amide bonds. The number of carbonyl (C=O) groups is 2. The van der Waals surface area contributed by atoms with Crippen molar-refractivity contribution in [2.75, 3.05) is 14.2 Å². The molecule has 0 aliphatic rings. The van der Waals surface area contributed by atoms with Gasteiger partial charge in [0.1, 0.15) is 11.5 Å². The Balaban J connectivity index is 1.99. The lowest BCUT2D eigenvalue weighted by Crippen LogP contribution is -2.41. The number of hydrogen-bond acceptors (Lipinski definition) is 4. The molecule has 0 aliphatic heterocycles. The van der Waals surface area contributed by atoms with Crippen molar-refractivity contribution < 1.29 is 19.1 Å². The first-order chi connectivity index (χ1) is 10.6. The minimum atomic E-state index is -0.435. The van der Waals surface area contributed by atoms with E-state index in [1.165, 1.54) is 14.2 Å². The molecule has 2 aromatic carbocycles. The zero-order chi connectivity index (χ0) is 15.9. The van der Waals surface area contributed by atoms with Crippen LogP contribution in [0.2, 0.25) is 0 Å². The molecule has 0 radical (unpaired) electrons. The summed E-state index contributed by atoms with van der Waals surface area (Å²) in [5.41, 5.74) is 5.46. The maximum Gasteiger partial charge on any atom is 0.269 e. The number of benzene rings is 2. The molecule has 2 N–H and O–H groups in total. The molecule has 0 saturated carbocycles. The molecular formula is C16H16N2O4. The second-order valence-corrected chi connectivity index (χ2v) is 4.37. The number of methoxy groups -OCH3 is 2. The average Bonchev–Trinajstić information content (AvgIpc) is 2.59. The van der Waals surface area contributed by atoms with E-state index in [4.69, 9.17) is 9.47 Å². The lowest BCUT2D eigenvalue weighted by Gasteiger charge is -2.09. The van der Waals surface area contributed by atoms with Gasteiger partial charge >= 0.3 is 0 Å². The number of carbonyl (C=O) groups excluding carboxylic acids is 2. The predicted octanol–water partition coefficient (Wildman–Crippen LogP) is 1.78. The van der Waals surface area contributed by atoms with Crippen molar-refractivity contribution in [2.45, 2.75) is 0 Å². The first-order valence-electron chi connectivity index (χ1n) is 6.53. The Hall–Kier alpha value is -3.02. The first-order valence-corrected chi connectivity index (χ1v) is 6.53. The van der Waals surface area contributed by atoms with E-state index in [-0.39, 0.29) is 0 Å². The number of ether oxygens (including phenoxy) is 2. The minimum absolute atomic E-state index is 0.380. The lowest BCUT2D eigenvalue weighted by molar-refractivity contribution is 0.0846. The fourth-order valence-electron chi connectivity index (χ4n) is 1.79. The molecule has 22 heavy (non-hydrogen) atoms. The van der Waals surface area contributed by atoms with E-state index in [2.05, 4.69) is 10.9 Å². The summed E-state index contributed by atoms with van der Waals surface area (Å²) in [5, 5.41) is 0. The summed E-state index contributed by atoms with van der Waals surface area (Å²) in [7, 11) is 3.03. The van der Waals surface area contributed by atoms with Gasteiger partial charge in [0.05, 0.1) is 14.2 Å². The average molecular weight is 300 g/mol. The van der Waals surface area contributed by atoms with Gasteiger partial charge in [0.15, 0.2) is 0 Å². The summed E-state index contributed by atoms with van der Waals surface area (Å²) in [5.74, 6) is 0.254. The number of hydrazine groups is 1. The van der Waals surface area contributed by atoms with Crippen LogP contribution in [-0.2, 0) is 0 Å². The minimum Gasteiger partial charge on any atom is -0.497 e. The molecule has 114 valence electrons. The van der Waals surface area contributed by atoms with Crippen molar-refractivity contribution >= 4 is 11.8 Å². The number of hydrogen-bond donors (Lipinski definition) is 2. The van der Waals surface area contributed by atoms with Crippen LogP contribution in [0.5, 0.6) is 11.5 Å². The maximum absolute atomic E-state index is 12.0. The maximum atomic E-state index is 12.0. The van der Waals surface area contributed by atoms with Crippen LogP contribution in [0, 0.1) is 0 Å². The highest BCUT2D eigenvalue weighted by Crippen LogP contribution is 2.13. The van der Waals surface area contributed by atoms with E-state index in [1.54, 1.807) is 48.5 Å². The van der Waals surface area contributed by atoms with Crippen LogP contribution in [0.3, 0.4) is 0 Å². The van der Waals surface area contributed by atoms with Gasteiger partial charge in [-0.05, 0) is 36.4 Å². The van der Waals surface area contributed by atoms with Crippen LogP contribution in [0.1, 0.15) is 20.7 Å². The van der Waals surface area contributed by atoms with Gasteiger partial charge in [-0.1, -0.05) is 12.1 Å². The van der Waals surface area contributed by atoms with Crippen molar-refractivity contribution in [3.63, 3.8) is 0 Å². The molecule has 0 bridgehead atoms. The van der Waals surface area contributed by atoms with Gasteiger partial charge in [-0.2, -0.15) is 0 Å². The molecule has 2 aromatic rings. The third-order valence-corrected chi connectivity index (χ3v) is 2.95. The Morgan fingerprint density at radius 3 is 1.55 bits per heavy atom. The largest absolute Gasteiger partial charge is 0.497 e. The summed E-state index contributed by atoms with van der Waals surface area (Å²) in [6.45, 7) is 0. The molecule has 0 heterocycles. The lowest BCUT2D eigenvalue weighted by atomic mass is 10.2. The molecular weight excluding hydrogens is 284 g/mol. The highest BCUT2D eigenvalue weighted by molar-refractivity contribution is 5.99. The predicted molar refractivity (Wildman–Crippen MR) is 80.9 cm³/mol. The Labute approximate surface area is 128 Å². The smallest absolute Gasteiger partial charge is 0.269 e. The van der Waals surface area contributed by atoms with E-state index in [1.807, 2.05) is 0 Å². The van der Waals surface area contributed by atoms with Gasteiger partial charge in [0.25, 0.3) is 11.8 Å². The molecule has 0 unspecified atom stereocenters. The normalized spacial score (nSPS) is 9.73. The molecule has 2 rings (SSSR count). The summed E-state index contributed by atoms with van der Waals surface area (Å²) >= 11 is 0. The topological polar surface area (TPSA) is 76.7 Å². The Kier molecular flexibility index (Phi) is 4.98. The van der Waals surface area contributed by atoms with E-state index in [0.717, 1.165) is 0 Å². The van der Waals surface area contributed by atoms with E-state index in [9.17, 15) is 9.59 Å². The molecule has 0 spiro atoms. The standard InChI is InChI=1S/C16H16N2O4/c1-21-13-7-3-5-11(9-13)15(19)17-18-16(20)12-6-4-8-14(10-12)22-2/h3-10H,1-2H3,(H,17,19)(H,18,20). The third-order valence-electron chi connectivity index (χ3n) is 2.95. The zero-order valence-electron chi connectivity index (χ0n) is 12.3. The van der Waals surface area contributed by atoms with Gasteiger partial charge in [0.2, 0.25) is 0 Å². The molecule has 6 heteroatoms. The number of rotatable bonds is 4. The monoisotopic (exact) mass is 300 g/mol. The highest BCUT2D eigenvalue weighted by atomic mass is 16.5. The molecule has 6 nitrogen and oxygen atoms in total. The number of amides is 2. The van der Waals surface area contributed by atoms with Crippen LogP contribution in [0.4, 0.5) is 0 Å². The van der Waals surface area contributed by atoms with Gasteiger partial charge in [-0.25, -0.2) is 0 Å². The van der Waals surface area contributed by atoms with Gasteiger partial charge in [-0.3, -0.25) is 20.4 Å². The van der Waals surface area contributed by atoms with Gasteiger partial charge in [0, 0.05) is 11.1 Å². The van der Waals surface area contributed by atoms with Gasteiger partial charge in [-0.15, -0.1) is 0 Å². The van der Waals surface area contributed by atoms with Gasteiger partial charge < -0.3 is 9.47 Å². The zero-order valence-corrected chi connectivity index (χ0v) is 12.3. The molecule has 0 aromatic heterocycles. The van der Waals surface area contributed by atoms with Crippen molar-refractivity contribution in [1.29, 1.82) is 0 Å². The van der Waals surface area contributed by atoms with E-state index in [0.29, 0.717) is 22.6 Å². The Morgan fingerprint density at radius 2 is 1.18 bits per heavy atom. The van der Waals surface area contributed by atoms with Crippen LogP contribution in [0.15, 0.2) is 48.5 Å². The first kappa shape index (κ1) is 15.4. The second kappa shape index (κ2) is 7.12. The quantitative estimate of drug-likeness (QED) is 0.844. The third kappa shape index (κ3) is 3.76. The Morgan fingerprint density at radius 1 is 0.773 bits per heavy atom. The summed E-state index contributed by atoms with van der Waals surface area (Å²) in [6, 6.07) is 13.2. The van der Waals surface area contributed by atoms with E-state index >= 15 is 0 Å². The van der Waals surface area contributed by atoms with Crippen molar-refractivity contribution in [1.82, 2.24) is 10.9 Å². The van der Waals surface area contributed by atoms with Crippen molar-refractivity contribution in [2.24, 2.45) is 0 Å².